The maximum Gasteiger partial charge on any atom is 0.293 e. The van der Waals surface area contributed by atoms with Gasteiger partial charge < -0.3 is 5.32 Å². The normalized spacial score (nSPS) is 10.9. The lowest BCUT2D eigenvalue weighted by Crippen LogP contribution is -2.24. The molecule has 0 saturated carbocycles. The molecule has 20 heavy (non-hydrogen) atoms. The van der Waals surface area contributed by atoms with E-state index in [9.17, 15) is 10.1 Å². The molecule has 0 atom stereocenters. The molecular weight excluding hydrogens is 254 g/mol. The standard InChI is InChI=1S/C15H21N3O2/c1-10(2)13(11(3)4)9-17-14-6-5-12(8-16)7-15(14)18(19)20/h5-7,10-11,13,17H,9H2,1-4H3. The molecule has 0 spiro atoms. The molecule has 1 N–H and O–H groups in total. The number of nitro benzene ring substituents is 1. The zero-order chi connectivity index (χ0) is 15.3. The van der Waals surface area contributed by atoms with Crippen LogP contribution in [0, 0.1) is 39.2 Å². The van der Waals surface area contributed by atoms with E-state index in [4.69, 9.17) is 5.26 Å². The topological polar surface area (TPSA) is 79.0 Å². The van der Waals surface area contributed by atoms with Crippen molar-refractivity contribution in [1.29, 1.82) is 5.26 Å². The van der Waals surface area contributed by atoms with Gasteiger partial charge in [-0.25, -0.2) is 0 Å². The van der Waals surface area contributed by atoms with Crippen LogP contribution in [-0.4, -0.2) is 11.5 Å². The Morgan fingerprint density at radius 1 is 1.30 bits per heavy atom. The molecule has 108 valence electrons. The van der Waals surface area contributed by atoms with Gasteiger partial charge in [0, 0.05) is 12.6 Å². The van der Waals surface area contributed by atoms with Crippen molar-refractivity contribution >= 4 is 11.4 Å². The van der Waals surface area contributed by atoms with Crippen LogP contribution < -0.4 is 5.32 Å². The van der Waals surface area contributed by atoms with Crippen LogP contribution in [0.15, 0.2) is 18.2 Å². The van der Waals surface area contributed by atoms with Crippen molar-refractivity contribution in [3.05, 3.63) is 33.9 Å². The van der Waals surface area contributed by atoms with E-state index in [2.05, 4.69) is 33.0 Å². The third-order valence-corrected chi connectivity index (χ3v) is 3.56. The van der Waals surface area contributed by atoms with E-state index < -0.39 is 4.92 Å². The molecular formula is C15H21N3O2. The van der Waals surface area contributed by atoms with Crippen LogP contribution in [0.2, 0.25) is 0 Å². The van der Waals surface area contributed by atoms with Gasteiger partial charge in [-0.2, -0.15) is 5.26 Å². The van der Waals surface area contributed by atoms with Crippen molar-refractivity contribution in [2.75, 3.05) is 11.9 Å². The van der Waals surface area contributed by atoms with E-state index in [-0.39, 0.29) is 5.69 Å². The van der Waals surface area contributed by atoms with Gasteiger partial charge in [0.1, 0.15) is 5.69 Å². The summed E-state index contributed by atoms with van der Waals surface area (Å²) in [6.45, 7) is 9.29. The largest absolute Gasteiger partial charge is 0.379 e. The van der Waals surface area contributed by atoms with E-state index in [1.165, 1.54) is 6.07 Å². The van der Waals surface area contributed by atoms with Gasteiger partial charge in [0.2, 0.25) is 0 Å². The molecule has 0 heterocycles. The third-order valence-electron chi connectivity index (χ3n) is 3.56. The molecule has 0 aromatic heterocycles. The summed E-state index contributed by atoms with van der Waals surface area (Å²) >= 11 is 0. The fraction of sp³-hybridized carbons (Fsp3) is 0.533. The summed E-state index contributed by atoms with van der Waals surface area (Å²) in [5.74, 6) is 1.44. The van der Waals surface area contributed by atoms with E-state index in [0.29, 0.717) is 35.5 Å². The van der Waals surface area contributed by atoms with Gasteiger partial charge in [-0.1, -0.05) is 27.7 Å². The minimum absolute atomic E-state index is 0.0460. The Labute approximate surface area is 119 Å². The minimum Gasteiger partial charge on any atom is -0.379 e. The zero-order valence-electron chi connectivity index (χ0n) is 12.4. The Morgan fingerprint density at radius 3 is 2.35 bits per heavy atom. The maximum absolute atomic E-state index is 11.1. The molecule has 5 heteroatoms. The summed E-state index contributed by atoms with van der Waals surface area (Å²) in [6.07, 6.45) is 0. The van der Waals surface area contributed by atoms with Crippen LogP contribution in [0.1, 0.15) is 33.3 Å². The van der Waals surface area contributed by atoms with Crippen LogP contribution in [0.25, 0.3) is 0 Å². The fourth-order valence-electron chi connectivity index (χ4n) is 2.37. The molecule has 0 fully saturated rings. The van der Waals surface area contributed by atoms with Crippen LogP contribution in [0.3, 0.4) is 0 Å². The molecule has 1 rings (SSSR count). The first-order valence-corrected chi connectivity index (χ1v) is 6.79. The quantitative estimate of drug-likeness (QED) is 0.632. The summed E-state index contributed by atoms with van der Waals surface area (Å²) < 4.78 is 0. The smallest absolute Gasteiger partial charge is 0.293 e. The Morgan fingerprint density at radius 2 is 1.90 bits per heavy atom. The molecule has 1 aromatic carbocycles. The molecule has 0 amide bonds. The maximum atomic E-state index is 11.1. The number of anilines is 1. The van der Waals surface area contributed by atoms with Gasteiger partial charge in [-0.3, -0.25) is 10.1 Å². The number of rotatable bonds is 6. The van der Waals surface area contributed by atoms with Gasteiger partial charge >= 0.3 is 0 Å². The first-order chi connectivity index (χ1) is 9.36. The third kappa shape index (κ3) is 3.95. The molecule has 0 aliphatic heterocycles. The predicted molar refractivity (Wildman–Crippen MR) is 79.5 cm³/mol. The molecule has 5 nitrogen and oxygen atoms in total. The second-order valence-electron chi connectivity index (χ2n) is 5.63. The SMILES string of the molecule is CC(C)C(CNc1ccc(C#N)cc1[N+](=O)[O-])C(C)C. The Bertz CT molecular complexity index is 510. The summed E-state index contributed by atoms with van der Waals surface area (Å²) in [5, 5.41) is 23.0. The van der Waals surface area contributed by atoms with Crippen LogP contribution in [-0.2, 0) is 0 Å². The fourth-order valence-corrected chi connectivity index (χ4v) is 2.37. The summed E-state index contributed by atoms with van der Waals surface area (Å²) in [6, 6.07) is 6.42. The first-order valence-electron chi connectivity index (χ1n) is 6.79. The molecule has 1 aromatic rings. The van der Waals surface area contributed by atoms with Crippen LogP contribution in [0.4, 0.5) is 11.4 Å². The van der Waals surface area contributed by atoms with Gasteiger partial charge in [-0.05, 0) is 29.9 Å². The molecule has 0 saturated heterocycles. The lowest BCUT2D eigenvalue weighted by atomic mass is 9.85. The summed E-state index contributed by atoms with van der Waals surface area (Å²) in [7, 11) is 0. The number of nitrogens with zero attached hydrogens (tertiary/aromatic N) is 2. The number of hydrogen-bond donors (Lipinski definition) is 1. The van der Waals surface area contributed by atoms with Gasteiger partial charge in [-0.15, -0.1) is 0 Å². The summed E-state index contributed by atoms with van der Waals surface area (Å²) in [4.78, 5) is 10.6. The first kappa shape index (κ1) is 16.0. The predicted octanol–water partition coefficient (Wildman–Crippen LogP) is 3.81. The number of hydrogen-bond acceptors (Lipinski definition) is 4. The van der Waals surface area contributed by atoms with Gasteiger partial charge in [0.05, 0.1) is 16.6 Å². The van der Waals surface area contributed by atoms with Crippen molar-refractivity contribution in [3.8, 4) is 6.07 Å². The number of nitrogens with one attached hydrogen (secondary N) is 1. The zero-order valence-corrected chi connectivity index (χ0v) is 12.4. The highest BCUT2D eigenvalue weighted by molar-refractivity contribution is 5.64. The average molecular weight is 275 g/mol. The Hall–Kier alpha value is -2.09. The lowest BCUT2D eigenvalue weighted by molar-refractivity contribution is -0.384. The van der Waals surface area contributed by atoms with Crippen molar-refractivity contribution in [1.82, 2.24) is 0 Å². The summed E-state index contributed by atoms with van der Waals surface area (Å²) in [5.41, 5.74) is 0.724. The van der Waals surface area contributed by atoms with Crippen LogP contribution >= 0.6 is 0 Å². The van der Waals surface area contributed by atoms with Gasteiger partial charge in [0.25, 0.3) is 5.69 Å². The van der Waals surface area contributed by atoms with Crippen molar-refractivity contribution in [2.45, 2.75) is 27.7 Å². The molecule has 0 unspecified atom stereocenters. The molecule has 0 aliphatic rings. The van der Waals surface area contributed by atoms with Gasteiger partial charge in [0.15, 0.2) is 0 Å². The van der Waals surface area contributed by atoms with Crippen LogP contribution in [0.5, 0.6) is 0 Å². The Kier molecular flexibility index (Phi) is 5.51. The average Bonchev–Trinajstić information content (AvgIpc) is 2.38. The van der Waals surface area contributed by atoms with Crippen molar-refractivity contribution in [2.24, 2.45) is 17.8 Å². The minimum atomic E-state index is -0.455. The molecule has 0 aliphatic carbocycles. The second kappa shape index (κ2) is 6.90. The lowest BCUT2D eigenvalue weighted by Gasteiger charge is -2.25. The van der Waals surface area contributed by atoms with Crippen molar-refractivity contribution < 1.29 is 4.92 Å². The second-order valence-corrected chi connectivity index (χ2v) is 5.63. The van der Waals surface area contributed by atoms with E-state index in [1.807, 2.05) is 6.07 Å². The highest BCUT2D eigenvalue weighted by Gasteiger charge is 2.20. The Balaban J connectivity index is 2.92. The van der Waals surface area contributed by atoms with E-state index >= 15 is 0 Å². The highest BCUT2D eigenvalue weighted by Crippen LogP contribution is 2.27. The highest BCUT2D eigenvalue weighted by atomic mass is 16.6. The number of benzene rings is 1. The molecule has 0 radical (unpaired) electrons. The number of nitriles is 1. The van der Waals surface area contributed by atoms with Crippen molar-refractivity contribution in [3.63, 3.8) is 0 Å². The number of nitro groups is 1. The van der Waals surface area contributed by atoms with E-state index in [1.54, 1.807) is 12.1 Å². The van der Waals surface area contributed by atoms with E-state index in [0.717, 1.165) is 0 Å². The molecule has 0 bridgehead atoms. The monoisotopic (exact) mass is 275 g/mol.